The summed E-state index contributed by atoms with van der Waals surface area (Å²) in [5.74, 6) is 2.09. The first-order valence-electron chi connectivity index (χ1n) is 7.77. The van der Waals surface area contributed by atoms with Crippen molar-refractivity contribution >= 4 is 22.7 Å². The number of fused-ring (bicyclic) bond motifs is 1. The van der Waals surface area contributed by atoms with E-state index in [2.05, 4.69) is 25.1 Å². The maximum absolute atomic E-state index is 10.6. The number of unbranched alkanes of at least 4 members (excludes halogenated alkanes) is 1. The van der Waals surface area contributed by atoms with Gasteiger partial charge >= 0.3 is 0 Å². The van der Waals surface area contributed by atoms with E-state index in [-0.39, 0.29) is 0 Å². The van der Waals surface area contributed by atoms with E-state index < -0.39 is 0 Å². The summed E-state index contributed by atoms with van der Waals surface area (Å²) in [7, 11) is 0. The molecule has 0 fully saturated rings. The maximum atomic E-state index is 10.6. The first-order valence-corrected chi connectivity index (χ1v) is 8.93. The molecule has 3 rings (SSSR count). The Balaban J connectivity index is 2.07. The van der Waals surface area contributed by atoms with E-state index in [1.165, 1.54) is 23.1 Å². The third kappa shape index (κ3) is 2.86. The van der Waals surface area contributed by atoms with Gasteiger partial charge in [-0.2, -0.15) is 16.5 Å². The normalized spacial score (nSPS) is 11.1. The summed E-state index contributed by atoms with van der Waals surface area (Å²) in [6.45, 7) is 2.22. The Bertz CT molecular complexity index is 749. The molecule has 1 heterocycles. The van der Waals surface area contributed by atoms with Crippen LogP contribution in [0.3, 0.4) is 0 Å². The Labute approximate surface area is 135 Å². The molecule has 3 aromatic rings. The summed E-state index contributed by atoms with van der Waals surface area (Å²) in [5.41, 5.74) is 4.09. The van der Waals surface area contributed by atoms with E-state index >= 15 is 0 Å². The summed E-state index contributed by atoms with van der Waals surface area (Å²) in [5, 5.41) is 11.8. The number of aromatic nitrogens is 1. The van der Waals surface area contributed by atoms with Crippen molar-refractivity contribution in [2.75, 3.05) is 5.75 Å². The van der Waals surface area contributed by atoms with Crippen molar-refractivity contribution in [2.24, 2.45) is 0 Å². The average Bonchev–Trinajstić information content (AvgIpc) is 2.85. The van der Waals surface area contributed by atoms with Crippen molar-refractivity contribution < 1.29 is 5.21 Å². The fraction of sp³-hybridized carbons (Fsp3) is 0.263. The second kappa shape index (κ2) is 6.93. The van der Waals surface area contributed by atoms with E-state index in [1.807, 2.05) is 48.2 Å². The molecule has 114 valence electrons. The standard InChI is InChI=1S/C19H21NOS/c1-2-3-13-22-14-17-16-11-7-8-12-18(16)20(21)19(17)15-9-5-4-6-10-15/h4-12,21H,2-3,13-14H2,1H3. The van der Waals surface area contributed by atoms with Crippen molar-refractivity contribution in [1.82, 2.24) is 4.73 Å². The van der Waals surface area contributed by atoms with E-state index in [1.54, 1.807) is 0 Å². The maximum Gasteiger partial charge on any atom is 0.0919 e. The molecule has 0 radical (unpaired) electrons. The smallest absolute Gasteiger partial charge is 0.0919 e. The number of hydrogen-bond acceptors (Lipinski definition) is 2. The zero-order valence-electron chi connectivity index (χ0n) is 12.8. The Morgan fingerprint density at radius 3 is 2.50 bits per heavy atom. The minimum atomic E-state index is 0.882. The van der Waals surface area contributed by atoms with Crippen LogP contribution in [0.15, 0.2) is 54.6 Å². The highest BCUT2D eigenvalue weighted by atomic mass is 32.2. The van der Waals surface area contributed by atoms with Crippen molar-refractivity contribution in [1.29, 1.82) is 0 Å². The predicted octanol–water partition coefficient (Wildman–Crippen LogP) is 5.58. The van der Waals surface area contributed by atoms with Crippen LogP contribution in [0.2, 0.25) is 0 Å². The lowest BCUT2D eigenvalue weighted by Gasteiger charge is -2.07. The van der Waals surface area contributed by atoms with Gasteiger partial charge in [-0.1, -0.05) is 61.9 Å². The van der Waals surface area contributed by atoms with Crippen molar-refractivity contribution in [3.05, 3.63) is 60.2 Å². The van der Waals surface area contributed by atoms with Crippen LogP contribution in [0.4, 0.5) is 0 Å². The molecule has 22 heavy (non-hydrogen) atoms. The van der Waals surface area contributed by atoms with Gasteiger partial charge in [0, 0.05) is 16.7 Å². The minimum Gasteiger partial charge on any atom is -0.428 e. The molecule has 0 aliphatic heterocycles. The third-order valence-corrected chi connectivity index (χ3v) is 4.96. The Morgan fingerprint density at radius 1 is 1.00 bits per heavy atom. The molecule has 0 atom stereocenters. The van der Waals surface area contributed by atoms with Gasteiger partial charge in [0.05, 0.1) is 11.2 Å². The number of rotatable bonds is 6. The van der Waals surface area contributed by atoms with Gasteiger partial charge in [-0.3, -0.25) is 0 Å². The Kier molecular flexibility index (Phi) is 4.74. The highest BCUT2D eigenvalue weighted by Crippen LogP contribution is 2.35. The van der Waals surface area contributed by atoms with Crippen LogP contribution in [-0.4, -0.2) is 15.7 Å². The molecule has 0 saturated carbocycles. The van der Waals surface area contributed by atoms with Gasteiger partial charge in [0.1, 0.15) is 0 Å². The van der Waals surface area contributed by atoms with Crippen LogP contribution >= 0.6 is 11.8 Å². The second-order valence-corrected chi connectivity index (χ2v) is 6.53. The van der Waals surface area contributed by atoms with Gasteiger partial charge in [0.15, 0.2) is 0 Å². The fourth-order valence-corrected chi connectivity index (χ4v) is 3.88. The summed E-state index contributed by atoms with van der Waals surface area (Å²) in [4.78, 5) is 0. The molecular formula is C19H21NOS. The summed E-state index contributed by atoms with van der Waals surface area (Å²) < 4.78 is 1.35. The van der Waals surface area contributed by atoms with Gasteiger partial charge in [-0.15, -0.1) is 0 Å². The van der Waals surface area contributed by atoms with Crippen LogP contribution in [0, 0.1) is 0 Å². The third-order valence-electron chi connectivity index (χ3n) is 3.89. The molecule has 0 aliphatic rings. The van der Waals surface area contributed by atoms with Crippen LogP contribution in [-0.2, 0) is 5.75 Å². The second-order valence-electron chi connectivity index (χ2n) is 5.43. The van der Waals surface area contributed by atoms with Gasteiger partial charge in [0.25, 0.3) is 0 Å². The number of para-hydroxylation sites is 1. The molecule has 1 N–H and O–H groups in total. The van der Waals surface area contributed by atoms with Crippen molar-refractivity contribution in [2.45, 2.75) is 25.5 Å². The molecule has 0 unspecified atom stereocenters. The van der Waals surface area contributed by atoms with Gasteiger partial charge in [-0.05, 0) is 23.8 Å². The van der Waals surface area contributed by atoms with E-state index in [0.717, 1.165) is 33.7 Å². The molecule has 2 nitrogen and oxygen atoms in total. The lowest BCUT2D eigenvalue weighted by atomic mass is 10.1. The zero-order valence-corrected chi connectivity index (χ0v) is 13.6. The van der Waals surface area contributed by atoms with Crippen LogP contribution < -0.4 is 0 Å². The zero-order chi connectivity index (χ0) is 15.4. The molecule has 2 aromatic carbocycles. The average molecular weight is 311 g/mol. The topological polar surface area (TPSA) is 25.2 Å². The fourth-order valence-electron chi connectivity index (χ4n) is 2.75. The number of benzene rings is 2. The van der Waals surface area contributed by atoms with Crippen molar-refractivity contribution in [3.8, 4) is 11.3 Å². The molecular weight excluding hydrogens is 290 g/mol. The van der Waals surface area contributed by atoms with Crippen LogP contribution in [0.5, 0.6) is 0 Å². The highest BCUT2D eigenvalue weighted by molar-refractivity contribution is 7.98. The lowest BCUT2D eigenvalue weighted by Crippen LogP contribution is -1.95. The molecule has 3 heteroatoms. The molecule has 0 bridgehead atoms. The molecule has 0 saturated heterocycles. The van der Waals surface area contributed by atoms with Crippen LogP contribution in [0.1, 0.15) is 25.3 Å². The van der Waals surface area contributed by atoms with Gasteiger partial charge in [0.2, 0.25) is 0 Å². The Hall–Kier alpha value is -1.87. The van der Waals surface area contributed by atoms with Crippen LogP contribution in [0.25, 0.3) is 22.2 Å². The summed E-state index contributed by atoms with van der Waals surface area (Å²) in [6, 6.07) is 18.2. The minimum absolute atomic E-state index is 0.882. The first-order chi connectivity index (χ1) is 10.8. The summed E-state index contributed by atoms with van der Waals surface area (Å²) >= 11 is 1.94. The number of thioether (sulfide) groups is 1. The monoisotopic (exact) mass is 311 g/mol. The number of hydrogen-bond donors (Lipinski definition) is 1. The first kappa shape index (κ1) is 15.0. The van der Waals surface area contributed by atoms with E-state index in [0.29, 0.717) is 0 Å². The predicted molar refractivity (Wildman–Crippen MR) is 95.6 cm³/mol. The van der Waals surface area contributed by atoms with Crippen molar-refractivity contribution in [3.63, 3.8) is 0 Å². The molecule has 0 aliphatic carbocycles. The summed E-state index contributed by atoms with van der Waals surface area (Å²) in [6.07, 6.45) is 2.46. The largest absolute Gasteiger partial charge is 0.428 e. The van der Waals surface area contributed by atoms with E-state index in [9.17, 15) is 5.21 Å². The number of nitrogens with zero attached hydrogens (tertiary/aromatic N) is 1. The molecule has 0 amide bonds. The van der Waals surface area contributed by atoms with Gasteiger partial charge < -0.3 is 5.21 Å². The van der Waals surface area contributed by atoms with Gasteiger partial charge in [-0.25, -0.2) is 0 Å². The molecule has 1 aromatic heterocycles. The Morgan fingerprint density at radius 2 is 1.73 bits per heavy atom. The quantitative estimate of drug-likeness (QED) is 0.475. The van der Waals surface area contributed by atoms with E-state index in [4.69, 9.17) is 0 Å². The highest BCUT2D eigenvalue weighted by Gasteiger charge is 2.17. The molecule has 0 spiro atoms. The lowest BCUT2D eigenvalue weighted by molar-refractivity contribution is 0.204. The SMILES string of the molecule is CCCCSCc1c(-c2ccccc2)n(O)c2ccccc12.